The molecule has 1 heterocycles. The maximum absolute atomic E-state index is 12.8. The van der Waals surface area contributed by atoms with Gasteiger partial charge in [0, 0.05) is 0 Å². The van der Waals surface area contributed by atoms with Gasteiger partial charge in [-0.05, 0) is 67.2 Å². The van der Waals surface area contributed by atoms with Gasteiger partial charge in [0.15, 0.2) is 0 Å². The molecular formula is C23H30N2O3. The number of amides is 1. The molecule has 1 amide bonds. The number of piperidine rings is 1. The first-order valence-electron chi connectivity index (χ1n) is 9.88. The van der Waals surface area contributed by atoms with Crippen molar-refractivity contribution in [3.63, 3.8) is 0 Å². The molecule has 0 atom stereocenters. The van der Waals surface area contributed by atoms with E-state index in [0.717, 1.165) is 54.5 Å². The molecule has 1 aliphatic heterocycles. The third-order valence-electron chi connectivity index (χ3n) is 5.45. The highest BCUT2D eigenvalue weighted by atomic mass is 16.5. The topological polar surface area (TPSA) is 50.8 Å². The zero-order valence-electron chi connectivity index (χ0n) is 17.0. The van der Waals surface area contributed by atoms with Gasteiger partial charge in [-0.25, -0.2) is 0 Å². The first kappa shape index (κ1) is 20.2. The van der Waals surface area contributed by atoms with E-state index in [4.69, 9.17) is 9.47 Å². The Hall–Kier alpha value is -2.53. The number of ether oxygens (including phenoxy) is 2. The molecule has 28 heavy (non-hydrogen) atoms. The summed E-state index contributed by atoms with van der Waals surface area (Å²) in [6, 6.07) is 15.5. The fourth-order valence-corrected chi connectivity index (χ4v) is 3.58. The van der Waals surface area contributed by atoms with Crippen molar-refractivity contribution in [2.45, 2.75) is 25.8 Å². The van der Waals surface area contributed by atoms with Gasteiger partial charge in [0.25, 0.3) is 0 Å². The van der Waals surface area contributed by atoms with Crippen LogP contribution < -0.4 is 14.8 Å². The molecule has 0 aliphatic carbocycles. The smallest absolute Gasteiger partial charge is 0.234 e. The van der Waals surface area contributed by atoms with E-state index in [0.29, 0.717) is 6.54 Å². The summed E-state index contributed by atoms with van der Waals surface area (Å²) in [7, 11) is 3.30. The molecular weight excluding hydrogens is 352 g/mol. The zero-order chi connectivity index (χ0) is 19.9. The van der Waals surface area contributed by atoms with Crippen molar-refractivity contribution in [2.24, 2.45) is 5.92 Å². The average Bonchev–Trinajstić information content (AvgIpc) is 2.74. The third kappa shape index (κ3) is 5.26. The molecule has 0 aromatic heterocycles. The number of carbonyl (C=O) groups is 1. The number of hydrogen-bond acceptors (Lipinski definition) is 4. The second-order valence-electron chi connectivity index (χ2n) is 7.51. The monoisotopic (exact) mass is 382 g/mol. The Morgan fingerprint density at radius 2 is 1.43 bits per heavy atom. The molecule has 1 N–H and O–H groups in total. The lowest BCUT2D eigenvalue weighted by Gasteiger charge is -2.30. The Morgan fingerprint density at radius 1 is 0.964 bits per heavy atom. The van der Waals surface area contributed by atoms with Gasteiger partial charge in [0.2, 0.25) is 5.91 Å². The maximum Gasteiger partial charge on any atom is 0.234 e. The van der Waals surface area contributed by atoms with E-state index < -0.39 is 0 Å². The largest absolute Gasteiger partial charge is 0.497 e. The summed E-state index contributed by atoms with van der Waals surface area (Å²) in [6.07, 6.45) is 2.32. The van der Waals surface area contributed by atoms with Crippen LogP contribution in [-0.2, 0) is 4.79 Å². The van der Waals surface area contributed by atoms with Gasteiger partial charge in [0.05, 0.1) is 26.8 Å². The average molecular weight is 383 g/mol. The van der Waals surface area contributed by atoms with Crippen LogP contribution >= 0.6 is 0 Å². The molecule has 2 aromatic rings. The van der Waals surface area contributed by atoms with Crippen molar-refractivity contribution in [3.05, 3.63) is 59.7 Å². The van der Waals surface area contributed by atoms with Crippen molar-refractivity contribution >= 4 is 5.91 Å². The summed E-state index contributed by atoms with van der Waals surface area (Å²) in [5, 5.41) is 3.22. The number of carbonyl (C=O) groups excluding carboxylic acids is 1. The van der Waals surface area contributed by atoms with Crippen LogP contribution in [0.3, 0.4) is 0 Å². The summed E-state index contributed by atoms with van der Waals surface area (Å²) < 4.78 is 10.5. The predicted molar refractivity (Wildman–Crippen MR) is 111 cm³/mol. The van der Waals surface area contributed by atoms with Gasteiger partial charge in [-0.15, -0.1) is 0 Å². The Balaban J connectivity index is 1.75. The van der Waals surface area contributed by atoms with Gasteiger partial charge >= 0.3 is 0 Å². The number of benzene rings is 2. The van der Waals surface area contributed by atoms with E-state index in [1.807, 2.05) is 48.5 Å². The lowest BCUT2D eigenvalue weighted by atomic mass is 9.98. The van der Waals surface area contributed by atoms with Gasteiger partial charge in [-0.1, -0.05) is 31.2 Å². The van der Waals surface area contributed by atoms with E-state index in [2.05, 4.69) is 17.1 Å². The van der Waals surface area contributed by atoms with Crippen molar-refractivity contribution in [2.75, 3.05) is 33.9 Å². The quantitative estimate of drug-likeness (QED) is 0.794. The lowest BCUT2D eigenvalue weighted by molar-refractivity contribution is -0.123. The van der Waals surface area contributed by atoms with Crippen molar-refractivity contribution < 1.29 is 14.3 Å². The van der Waals surface area contributed by atoms with Crippen molar-refractivity contribution in [1.82, 2.24) is 10.2 Å². The highest BCUT2D eigenvalue weighted by Gasteiger charge is 2.21. The summed E-state index contributed by atoms with van der Waals surface area (Å²) in [4.78, 5) is 15.0. The molecule has 1 fully saturated rings. The van der Waals surface area contributed by atoms with Crippen LogP contribution in [-0.4, -0.2) is 44.7 Å². The molecule has 150 valence electrons. The highest BCUT2D eigenvalue weighted by Crippen LogP contribution is 2.26. The normalized spacial score (nSPS) is 15.4. The van der Waals surface area contributed by atoms with E-state index in [-0.39, 0.29) is 11.9 Å². The second-order valence-corrected chi connectivity index (χ2v) is 7.51. The van der Waals surface area contributed by atoms with Crippen LogP contribution in [0.5, 0.6) is 11.5 Å². The molecule has 1 saturated heterocycles. The number of likely N-dealkylation sites (tertiary alicyclic amines) is 1. The van der Waals surface area contributed by atoms with E-state index in [1.54, 1.807) is 14.2 Å². The molecule has 5 nitrogen and oxygen atoms in total. The molecule has 0 radical (unpaired) electrons. The van der Waals surface area contributed by atoms with Gasteiger partial charge in [-0.3, -0.25) is 9.69 Å². The minimum atomic E-state index is -0.215. The van der Waals surface area contributed by atoms with E-state index in [9.17, 15) is 4.79 Å². The van der Waals surface area contributed by atoms with Gasteiger partial charge in [-0.2, -0.15) is 0 Å². The van der Waals surface area contributed by atoms with Crippen LogP contribution in [0, 0.1) is 5.92 Å². The molecule has 3 rings (SSSR count). The molecule has 0 bridgehead atoms. The van der Waals surface area contributed by atoms with E-state index in [1.165, 1.54) is 0 Å². The molecule has 2 aromatic carbocycles. The minimum absolute atomic E-state index is 0.0474. The number of nitrogens with zero attached hydrogens (tertiary/aromatic N) is 1. The Labute approximate surface area is 167 Å². The predicted octanol–water partition coefficient (Wildman–Crippen LogP) is 3.64. The van der Waals surface area contributed by atoms with Crippen LogP contribution in [0.1, 0.15) is 36.9 Å². The molecule has 0 saturated carbocycles. The number of methoxy groups -OCH3 is 2. The standard InChI is InChI=1S/C23H30N2O3/c1-17-12-14-25(15-13-17)16-22(26)24-23(18-4-8-20(27-2)9-5-18)19-6-10-21(28-3)11-7-19/h4-11,17,23H,12-16H2,1-3H3,(H,24,26). The maximum atomic E-state index is 12.8. The van der Waals surface area contributed by atoms with Gasteiger partial charge in [0.1, 0.15) is 11.5 Å². The Kier molecular flexibility index (Phi) is 6.93. The fraction of sp³-hybridized carbons (Fsp3) is 0.435. The first-order valence-corrected chi connectivity index (χ1v) is 9.88. The van der Waals surface area contributed by atoms with Crippen LogP contribution in [0.2, 0.25) is 0 Å². The highest BCUT2D eigenvalue weighted by molar-refractivity contribution is 5.79. The summed E-state index contributed by atoms with van der Waals surface area (Å²) in [5.41, 5.74) is 2.04. The minimum Gasteiger partial charge on any atom is -0.497 e. The van der Waals surface area contributed by atoms with Crippen molar-refractivity contribution in [1.29, 1.82) is 0 Å². The van der Waals surface area contributed by atoms with Gasteiger partial charge < -0.3 is 14.8 Å². The van der Waals surface area contributed by atoms with Crippen LogP contribution in [0.25, 0.3) is 0 Å². The van der Waals surface area contributed by atoms with Crippen LogP contribution in [0.15, 0.2) is 48.5 Å². The summed E-state index contributed by atoms with van der Waals surface area (Å²) >= 11 is 0. The molecule has 5 heteroatoms. The van der Waals surface area contributed by atoms with E-state index >= 15 is 0 Å². The molecule has 0 unspecified atom stereocenters. The SMILES string of the molecule is COc1ccc(C(NC(=O)CN2CCC(C)CC2)c2ccc(OC)cc2)cc1. The second kappa shape index (κ2) is 9.60. The number of rotatable bonds is 7. The summed E-state index contributed by atoms with van der Waals surface area (Å²) in [6.45, 7) is 4.70. The Morgan fingerprint density at radius 3 is 1.86 bits per heavy atom. The summed E-state index contributed by atoms with van der Waals surface area (Å²) in [5.74, 6) is 2.40. The van der Waals surface area contributed by atoms with Crippen molar-refractivity contribution in [3.8, 4) is 11.5 Å². The zero-order valence-corrected chi connectivity index (χ0v) is 17.0. The first-order chi connectivity index (χ1) is 13.6. The number of hydrogen-bond donors (Lipinski definition) is 1. The lowest BCUT2D eigenvalue weighted by Crippen LogP contribution is -2.42. The Bertz CT molecular complexity index is 703. The number of nitrogens with one attached hydrogen (secondary N) is 1. The van der Waals surface area contributed by atoms with Crippen LogP contribution in [0.4, 0.5) is 0 Å². The molecule has 0 spiro atoms. The third-order valence-corrected chi connectivity index (χ3v) is 5.45. The molecule has 1 aliphatic rings. The fourth-order valence-electron chi connectivity index (χ4n) is 3.58.